The number of aromatic nitrogens is 1. The predicted octanol–water partition coefficient (Wildman–Crippen LogP) is 4.18. The molecular weight excluding hydrogens is 333 g/mol. The highest BCUT2D eigenvalue weighted by Crippen LogP contribution is 2.30. The van der Waals surface area contributed by atoms with Crippen LogP contribution in [0, 0.1) is 5.82 Å². The fourth-order valence-electron chi connectivity index (χ4n) is 2.82. The van der Waals surface area contributed by atoms with Crippen LogP contribution in [0.4, 0.5) is 15.2 Å². The Morgan fingerprint density at radius 2 is 1.61 bits per heavy atom. The van der Waals surface area contributed by atoms with E-state index >= 15 is 0 Å². The lowest BCUT2D eigenvalue weighted by atomic mass is 10.2. The van der Waals surface area contributed by atoms with Crippen molar-refractivity contribution in [3.05, 3.63) is 54.3 Å². The number of rotatable bonds is 2. The second-order valence-electron chi connectivity index (χ2n) is 5.42. The Labute approximate surface area is 144 Å². The van der Waals surface area contributed by atoms with E-state index in [1.807, 2.05) is 6.07 Å². The molecule has 0 saturated carbocycles. The van der Waals surface area contributed by atoms with E-state index in [4.69, 9.17) is 0 Å². The number of para-hydroxylation sites is 1. The summed E-state index contributed by atoms with van der Waals surface area (Å²) in [4.78, 5) is 9.32. The van der Waals surface area contributed by atoms with Crippen molar-refractivity contribution < 1.29 is 4.39 Å². The molecule has 0 spiro atoms. The quantitative estimate of drug-likeness (QED) is 0.691. The first-order valence-electron chi connectivity index (χ1n) is 7.41. The standard InChI is InChI=1S/C17H16FN3S.ClH/c18-13-6-7-15-16(12-13)22-17(19-15)21-10-8-20(9-11-21)14-4-2-1-3-5-14;/h1-7,12H,8-11H2;1H. The highest BCUT2D eigenvalue weighted by molar-refractivity contribution is 7.22. The molecule has 0 unspecified atom stereocenters. The number of thiazole rings is 1. The molecule has 120 valence electrons. The zero-order valence-electron chi connectivity index (χ0n) is 12.5. The molecular formula is C17H17ClFN3S. The van der Waals surface area contributed by atoms with Gasteiger partial charge in [-0.3, -0.25) is 0 Å². The van der Waals surface area contributed by atoms with Crippen LogP contribution in [-0.2, 0) is 0 Å². The lowest BCUT2D eigenvalue weighted by Crippen LogP contribution is -2.46. The minimum Gasteiger partial charge on any atom is -0.368 e. The van der Waals surface area contributed by atoms with Gasteiger partial charge in [0.05, 0.1) is 10.2 Å². The molecule has 23 heavy (non-hydrogen) atoms. The van der Waals surface area contributed by atoms with Gasteiger partial charge < -0.3 is 9.80 Å². The molecule has 3 nitrogen and oxygen atoms in total. The number of nitrogens with zero attached hydrogens (tertiary/aromatic N) is 3. The number of anilines is 2. The molecule has 1 aliphatic rings. The molecule has 1 aromatic heterocycles. The number of hydrogen-bond donors (Lipinski definition) is 0. The van der Waals surface area contributed by atoms with Crippen molar-refractivity contribution in [2.45, 2.75) is 0 Å². The van der Waals surface area contributed by atoms with Crippen molar-refractivity contribution in [2.24, 2.45) is 0 Å². The van der Waals surface area contributed by atoms with Gasteiger partial charge in [-0.05, 0) is 30.3 Å². The van der Waals surface area contributed by atoms with E-state index < -0.39 is 0 Å². The Morgan fingerprint density at radius 1 is 0.913 bits per heavy atom. The lowest BCUT2D eigenvalue weighted by molar-refractivity contribution is 0.630. The molecule has 3 aromatic rings. The molecule has 1 saturated heterocycles. The maximum atomic E-state index is 13.3. The average molecular weight is 350 g/mol. The molecule has 0 atom stereocenters. The number of hydrogen-bond acceptors (Lipinski definition) is 4. The van der Waals surface area contributed by atoms with Gasteiger partial charge in [0.1, 0.15) is 5.82 Å². The Bertz CT molecular complexity index is 785. The number of halogens is 2. The van der Waals surface area contributed by atoms with Gasteiger partial charge >= 0.3 is 0 Å². The van der Waals surface area contributed by atoms with Crippen LogP contribution in [0.2, 0.25) is 0 Å². The van der Waals surface area contributed by atoms with Crippen molar-refractivity contribution >= 4 is 44.8 Å². The van der Waals surface area contributed by atoms with E-state index in [1.54, 1.807) is 23.5 Å². The fourth-order valence-corrected chi connectivity index (χ4v) is 3.86. The van der Waals surface area contributed by atoms with Crippen LogP contribution in [0.5, 0.6) is 0 Å². The normalized spacial score (nSPS) is 14.8. The Kier molecular flexibility index (Phi) is 4.68. The molecule has 2 aromatic carbocycles. The maximum Gasteiger partial charge on any atom is 0.186 e. The molecule has 0 N–H and O–H groups in total. The molecule has 4 rings (SSSR count). The van der Waals surface area contributed by atoms with Crippen molar-refractivity contribution in [3.63, 3.8) is 0 Å². The minimum absolute atomic E-state index is 0. The van der Waals surface area contributed by atoms with Crippen LogP contribution in [-0.4, -0.2) is 31.2 Å². The molecule has 1 aliphatic heterocycles. The SMILES string of the molecule is Cl.Fc1ccc2nc(N3CCN(c4ccccc4)CC3)sc2c1. The topological polar surface area (TPSA) is 19.4 Å². The molecule has 0 amide bonds. The monoisotopic (exact) mass is 349 g/mol. The van der Waals surface area contributed by atoms with Crippen molar-refractivity contribution in [3.8, 4) is 0 Å². The van der Waals surface area contributed by atoms with E-state index in [9.17, 15) is 4.39 Å². The van der Waals surface area contributed by atoms with Crippen LogP contribution in [0.3, 0.4) is 0 Å². The largest absolute Gasteiger partial charge is 0.368 e. The second-order valence-corrected chi connectivity index (χ2v) is 6.43. The zero-order chi connectivity index (χ0) is 14.9. The van der Waals surface area contributed by atoms with Crippen LogP contribution in [0.15, 0.2) is 48.5 Å². The molecule has 1 fully saturated rings. The molecule has 2 heterocycles. The summed E-state index contributed by atoms with van der Waals surface area (Å²) < 4.78 is 14.2. The smallest absolute Gasteiger partial charge is 0.186 e. The zero-order valence-corrected chi connectivity index (χ0v) is 14.1. The highest BCUT2D eigenvalue weighted by Gasteiger charge is 2.20. The van der Waals surface area contributed by atoms with Crippen molar-refractivity contribution in [2.75, 3.05) is 36.0 Å². The first-order valence-corrected chi connectivity index (χ1v) is 8.22. The highest BCUT2D eigenvalue weighted by atomic mass is 35.5. The third kappa shape index (κ3) is 3.26. The minimum atomic E-state index is -0.198. The van der Waals surface area contributed by atoms with Gasteiger partial charge in [-0.2, -0.15) is 0 Å². The predicted molar refractivity (Wildman–Crippen MR) is 97.7 cm³/mol. The van der Waals surface area contributed by atoms with Gasteiger partial charge in [-0.25, -0.2) is 9.37 Å². The molecule has 6 heteroatoms. The number of benzene rings is 2. The Hall–Kier alpha value is -1.85. The van der Waals surface area contributed by atoms with Gasteiger partial charge in [-0.1, -0.05) is 29.5 Å². The third-order valence-electron chi connectivity index (χ3n) is 4.01. The van der Waals surface area contributed by atoms with E-state index in [1.165, 1.54) is 11.8 Å². The maximum absolute atomic E-state index is 13.3. The lowest BCUT2D eigenvalue weighted by Gasteiger charge is -2.35. The van der Waals surface area contributed by atoms with Crippen LogP contribution in [0.25, 0.3) is 10.2 Å². The molecule has 0 bridgehead atoms. The van der Waals surface area contributed by atoms with E-state index in [2.05, 4.69) is 39.0 Å². The van der Waals surface area contributed by atoms with Crippen LogP contribution < -0.4 is 9.80 Å². The van der Waals surface area contributed by atoms with Crippen LogP contribution >= 0.6 is 23.7 Å². The molecule has 0 radical (unpaired) electrons. The van der Waals surface area contributed by atoms with E-state index in [-0.39, 0.29) is 18.2 Å². The average Bonchev–Trinajstić information content (AvgIpc) is 2.99. The van der Waals surface area contributed by atoms with E-state index in [0.29, 0.717) is 0 Å². The first kappa shape index (κ1) is 16.0. The van der Waals surface area contributed by atoms with Gasteiger partial charge in [0.15, 0.2) is 5.13 Å². The summed E-state index contributed by atoms with van der Waals surface area (Å²) in [6, 6.07) is 15.3. The van der Waals surface area contributed by atoms with Crippen molar-refractivity contribution in [1.29, 1.82) is 0 Å². The summed E-state index contributed by atoms with van der Waals surface area (Å²) in [5.41, 5.74) is 2.15. The Morgan fingerprint density at radius 3 is 2.35 bits per heavy atom. The summed E-state index contributed by atoms with van der Waals surface area (Å²) >= 11 is 1.57. The van der Waals surface area contributed by atoms with Crippen LogP contribution in [0.1, 0.15) is 0 Å². The summed E-state index contributed by atoms with van der Waals surface area (Å²) in [5, 5.41) is 0.994. The Balaban J connectivity index is 0.00000156. The summed E-state index contributed by atoms with van der Waals surface area (Å²) in [6.07, 6.45) is 0. The van der Waals surface area contributed by atoms with Gasteiger partial charge in [0.25, 0.3) is 0 Å². The summed E-state index contributed by atoms with van der Waals surface area (Å²) in [5.74, 6) is -0.198. The summed E-state index contributed by atoms with van der Waals surface area (Å²) in [7, 11) is 0. The van der Waals surface area contributed by atoms with Gasteiger partial charge in [-0.15, -0.1) is 12.4 Å². The van der Waals surface area contributed by atoms with Gasteiger partial charge in [0, 0.05) is 31.9 Å². The van der Waals surface area contributed by atoms with Crippen molar-refractivity contribution in [1.82, 2.24) is 4.98 Å². The molecule has 0 aliphatic carbocycles. The third-order valence-corrected chi connectivity index (χ3v) is 5.09. The first-order chi connectivity index (χ1) is 10.8. The number of fused-ring (bicyclic) bond motifs is 1. The summed E-state index contributed by atoms with van der Waals surface area (Å²) in [6.45, 7) is 3.84. The number of piperazine rings is 1. The fraction of sp³-hybridized carbons (Fsp3) is 0.235. The van der Waals surface area contributed by atoms with Gasteiger partial charge in [0.2, 0.25) is 0 Å². The van der Waals surface area contributed by atoms with E-state index in [0.717, 1.165) is 41.5 Å². The second kappa shape index (κ2) is 6.72.